The summed E-state index contributed by atoms with van der Waals surface area (Å²) in [6.07, 6.45) is 5.52. The van der Waals surface area contributed by atoms with Crippen LogP contribution in [0.4, 0.5) is 4.79 Å². The molecular formula is C20H23N3O5. The van der Waals surface area contributed by atoms with Gasteiger partial charge in [-0.15, -0.1) is 0 Å². The maximum absolute atomic E-state index is 12.6. The van der Waals surface area contributed by atoms with Gasteiger partial charge in [-0.1, -0.05) is 37.3 Å². The van der Waals surface area contributed by atoms with Crippen molar-refractivity contribution in [2.75, 3.05) is 6.61 Å². The van der Waals surface area contributed by atoms with E-state index in [2.05, 4.69) is 17.7 Å². The zero-order valence-electron chi connectivity index (χ0n) is 15.6. The highest BCUT2D eigenvalue weighted by Gasteiger charge is 2.52. The molecule has 1 heterocycles. The van der Waals surface area contributed by atoms with Gasteiger partial charge in [0.2, 0.25) is 0 Å². The van der Waals surface area contributed by atoms with E-state index in [9.17, 15) is 19.2 Å². The maximum Gasteiger partial charge on any atom is 0.344 e. The lowest BCUT2D eigenvalue weighted by Crippen LogP contribution is -2.52. The number of urea groups is 1. The number of amides is 4. The topological polar surface area (TPSA) is 105 Å². The first-order chi connectivity index (χ1) is 13.4. The Morgan fingerprint density at radius 1 is 1.25 bits per heavy atom. The Morgan fingerprint density at radius 3 is 2.61 bits per heavy atom. The molecule has 0 unspecified atom stereocenters. The van der Waals surface area contributed by atoms with Crippen molar-refractivity contribution in [1.29, 1.82) is 0 Å². The minimum absolute atomic E-state index is 0.465. The summed E-state index contributed by atoms with van der Waals surface area (Å²) in [5, 5.41) is 3.39. The van der Waals surface area contributed by atoms with Crippen LogP contribution in [0.2, 0.25) is 0 Å². The number of hydrogen-bond donors (Lipinski definition) is 2. The normalized spacial score (nSPS) is 24.5. The molecule has 148 valence electrons. The largest absolute Gasteiger partial charge is 0.452 e. The summed E-state index contributed by atoms with van der Waals surface area (Å²) >= 11 is 0. The van der Waals surface area contributed by atoms with Gasteiger partial charge in [0.05, 0.1) is 0 Å². The van der Waals surface area contributed by atoms with Crippen LogP contribution in [0.25, 0.3) is 6.08 Å². The predicted octanol–water partition coefficient (Wildman–Crippen LogP) is 1.77. The molecule has 28 heavy (non-hydrogen) atoms. The molecule has 1 aromatic carbocycles. The molecule has 8 heteroatoms. The van der Waals surface area contributed by atoms with Crippen LogP contribution in [0.3, 0.4) is 0 Å². The molecule has 8 nitrogen and oxygen atoms in total. The lowest BCUT2D eigenvalue weighted by Gasteiger charge is -2.33. The zero-order chi connectivity index (χ0) is 20.1. The Bertz CT molecular complexity index is 797. The van der Waals surface area contributed by atoms with E-state index in [1.165, 1.54) is 6.08 Å². The fourth-order valence-electron chi connectivity index (χ4n) is 3.39. The molecule has 1 aromatic rings. The van der Waals surface area contributed by atoms with Crippen molar-refractivity contribution in [1.82, 2.24) is 15.8 Å². The summed E-state index contributed by atoms with van der Waals surface area (Å²) in [4.78, 5) is 48.5. The summed E-state index contributed by atoms with van der Waals surface area (Å²) in [6.45, 7) is 1.51. The zero-order valence-corrected chi connectivity index (χ0v) is 15.6. The van der Waals surface area contributed by atoms with Crippen molar-refractivity contribution < 1.29 is 23.9 Å². The van der Waals surface area contributed by atoms with Crippen LogP contribution in [0.1, 0.15) is 38.2 Å². The van der Waals surface area contributed by atoms with Crippen molar-refractivity contribution in [2.24, 2.45) is 5.92 Å². The fourth-order valence-corrected chi connectivity index (χ4v) is 3.39. The molecule has 2 N–H and O–H groups in total. The van der Waals surface area contributed by atoms with Crippen LogP contribution in [0.5, 0.6) is 0 Å². The third kappa shape index (κ3) is 4.39. The molecule has 4 amide bonds. The van der Waals surface area contributed by atoms with E-state index in [-0.39, 0.29) is 0 Å². The van der Waals surface area contributed by atoms with E-state index >= 15 is 0 Å². The van der Waals surface area contributed by atoms with Gasteiger partial charge >= 0.3 is 12.0 Å². The Labute approximate surface area is 162 Å². The minimum atomic E-state index is -0.939. The number of hydrazine groups is 1. The van der Waals surface area contributed by atoms with Gasteiger partial charge in [0, 0.05) is 6.08 Å². The molecule has 0 bridgehead atoms. The highest BCUT2D eigenvalue weighted by Crippen LogP contribution is 2.35. The second-order valence-electron chi connectivity index (χ2n) is 7.22. The van der Waals surface area contributed by atoms with E-state index in [4.69, 9.17) is 4.74 Å². The number of imide groups is 1. The van der Waals surface area contributed by atoms with Crippen LogP contribution in [0, 0.1) is 5.92 Å². The van der Waals surface area contributed by atoms with Gasteiger partial charge in [-0.2, -0.15) is 5.01 Å². The predicted molar refractivity (Wildman–Crippen MR) is 100 cm³/mol. The van der Waals surface area contributed by atoms with Gasteiger partial charge in [0.15, 0.2) is 6.61 Å². The number of hydrogen-bond acceptors (Lipinski definition) is 5. The highest BCUT2D eigenvalue weighted by atomic mass is 16.5. The van der Waals surface area contributed by atoms with Gasteiger partial charge < -0.3 is 10.1 Å². The molecule has 3 rings (SSSR count). The number of nitrogens with zero attached hydrogens (tertiary/aromatic N) is 1. The van der Waals surface area contributed by atoms with Crippen molar-refractivity contribution >= 4 is 29.9 Å². The van der Waals surface area contributed by atoms with E-state index in [0.29, 0.717) is 23.8 Å². The number of carbonyl (C=O) groups excluding carboxylic acids is 4. The molecule has 1 saturated heterocycles. The molecule has 1 aliphatic heterocycles. The van der Waals surface area contributed by atoms with Crippen LogP contribution in [-0.4, -0.2) is 41.0 Å². The lowest BCUT2D eigenvalue weighted by atomic mass is 9.77. The van der Waals surface area contributed by atoms with Crippen LogP contribution >= 0.6 is 0 Å². The smallest absolute Gasteiger partial charge is 0.344 e. The first-order valence-corrected chi connectivity index (χ1v) is 9.26. The lowest BCUT2D eigenvalue weighted by molar-refractivity contribution is -0.147. The second kappa shape index (κ2) is 8.24. The first-order valence-electron chi connectivity index (χ1n) is 9.26. The van der Waals surface area contributed by atoms with Crippen LogP contribution in [-0.2, 0) is 19.1 Å². The molecule has 1 saturated carbocycles. The molecule has 2 fully saturated rings. The molecule has 2 aliphatic rings. The van der Waals surface area contributed by atoms with Gasteiger partial charge in [-0.05, 0) is 43.2 Å². The Balaban J connectivity index is 1.49. The number of ether oxygens (including phenoxy) is 1. The maximum atomic E-state index is 12.6. The van der Waals surface area contributed by atoms with Crippen molar-refractivity contribution in [3.05, 3.63) is 42.0 Å². The summed E-state index contributed by atoms with van der Waals surface area (Å²) < 4.78 is 4.85. The second-order valence-corrected chi connectivity index (χ2v) is 7.22. The van der Waals surface area contributed by atoms with E-state index < -0.39 is 36.0 Å². The molecule has 0 aromatic heterocycles. The third-order valence-electron chi connectivity index (χ3n) is 5.08. The van der Waals surface area contributed by atoms with E-state index in [1.807, 2.05) is 30.3 Å². The standard InChI is InChI=1S/C20H23N3O5/c1-14-9-11-20(12-10-14)18(26)23(19(27)21-20)22-16(24)13-28-17(25)8-7-15-5-3-2-4-6-15/h2-8,14H,9-13H2,1H3,(H,21,27)(H,22,24). The average Bonchev–Trinajstić information content (AvgIpc) is 2.92. The number of carbonyl (C=O) groups is 4. The monoisotopic (exact) mass is 385 g/mol. The van der Waals surface area contributed by atoms with Gasteiger partial charge in [0.1, 0.15) is 5.54 Å². The molecule has 0 radical (unpaired) electrons. The van der Waals surface area contributed by atoms with Crippen molar-refractivity contribution in [3.63, 3.8) is 0 Å². The number of esters is 1. The first kappa shape index (κ1) is 19.6. The fraction of sp³-hybridized carbons (Fsp3) is 0.400. The molecule has 1 aliphatic carbocycles. The van der Waals surface area contributed by atoms with Gasteiger partial charge in [-0.25, -0.2) is 9.59 Å². The summed E-state index contributed by atoms with van der Waals surface area (Å²) in [5.74, 6) is -1.42. The van der Waals surface area contributed by atoms with E-state index in [1.54, 1.807) is 6.08 Å². The van der Waals surface area contributed by atoms with Gasteiger partial charge in [0.25, 0.3) is 11.8 Å². The van der Waals surface area contributed by atoms with E-state index in [0.717, 1.165) is 18.4 Å². The SMILES string of the molecule is CC1CCC2(CC1)NC(=O)N(NC(=O)COC(=O)C=Cc1ccccc1)C2=O. The summed E-state index contributed by atoms with van der Waals surface area (Å²) in [6, 6.07) is 8.48. The van der Waals surface area contributed by atoms with Crippen LogP contribution in [0.15, 0.2) is 36.4 Å². The number of nitrogens with one attached hydrogen (secondary N) is 2. The van der Waals surface area contributed by atoms with Crippen LogP contribution < -0.4 is 10.7 Å². The molecular weight excluding hydrogens is 362 g/mol. The number of rotatable bonds is 5. The average molecular weight is 385 g/mol. The quantitative estimate of drug-likeness (QED) is 0.457. The Morgan fingerprint density at radius 2 is 1.93 bits per heavy atom. The summed E-state index contributed by atoms with van der Waals surface area (Å²) in [5.41, 5.74) is 2.10. The molecule has 1 spiro atoms. The third-order valence-corrected chi connectivity index (χ3v) is 5.08. The minimum Gasteiger partial charge on any atom is -0.452 e. The number of benzene rings is 1. The van der Waals surface area contributed by atoms with Crippen molar-refractivity contribution in [2.45, 2.75) is 38.1 Å². The van der Waals surface area contributed by atoms with Gasteiger partial charge in [-0.3, -0.25) is 15.0 Å². The van der Waals surface area contributed by atoms with Crippen molar-refractivity contribution in [3.8, 4) is 0 Å². The molecule has 0 atom stereocenters. The Kier molecular flexibility index (Phi) is 5.77. The highest BCUT2D eigenvalue weighted by molar-refractivity contribution is 6.08. The Hall–Kier alpha value is -3.16. The summed E-state index contributed by atoms with van der Waals surface area (Å²) in [7, 11) is 0.